The molecule has 3 aliphatic heterocycles. The fourth-order valence-corrected chi connectivity index (χ4v) is 4.36. The summed E-state index contributed by atoms with van der Waals surface area (Å²) in [5, 5.41) is 5.38. The molecule has 2 N–H and O–H groups in total. The van der Waals surface area contributed by atoms with E-state index in [0.29, 0.717) is 11.1 Å². The number of piperidine rings is 1. The Labute approximate surface area is 175 Å². The van der Waals surface area contributed by atoms with E-state index in [1.54, 1.807) is 12.1 Å². The summed E-state index contributed by atoms with van der Waals surface area (Å²) in [6.45, 7) is 5.69. The number of rotatable bonds is 6. The summed E-state index contributed by atoms with van der Waals surface area (Å²) in [4.78, 5) is 55.0. The van der Waals surface area contributed by atoms with Gasteiger partial charge in [0.2, 0.25) is 11.8 Å². The van der Waals surface area contributed by atoms with E-state index in [1.165, 1.54) is 0 Å². The number of amides is 4. The molecule has 0 aliphatic carbocycles. The maximum Gasteiger partial charge on any atom is 0.262 e. The van der Waals surface area contributed by atoms with Gasteiger partial charge in [0.25, 0.3) is 11.8 Å². The molecule has 1 atom stereocenters. The molecule has 9 nitrogen and oxygen atoms in total. The van der Waals surface area contributed by atoms with Crippen molar-refractivity contribution in [2.24, 2.45) is 0 Å². The molecule has 9 heteroatoms. The Kier molecular flexibility index (Phi) is 5.83. The van der Waals surface area contributed by atoms with Gasteiger partial charge in [0.05, 0.1) is 11.1 Å². The van der Waals surface area contributed by atoms with Crippen LogP contribution >= 0.6 is 0 Å². The van der Waals surface area contributed by atoms with Crippen molar-refractivity contribution in [3.8, 4) is 0 Å². The van der Waals surface area contributed by atoms with Crippen LogP contribution in [0.25, 0.3) is 0 Å². The lowest BCUT2D eigenvalue weighted by atomic mass is 10.0. The fourth-order valence-electron chi connectivity index (χ4n) is 4.36. The maximum atomic E-state index is 13.0. The molecular formula is C21H27N5O4. The molecule has 2 saturated heterocycles. The summed E-state index contributed by atoms with van der Waals surface area (Å²) in [5.41, 5.74) is 1.56. The lowest BCUT2D eigenvalue weighted by molar-refractivity contribution is -0.136. The molecule has 4 amide bonds. The molecule has 2 fully saturated rings. The number of hydrogen-bond acceptors (Lipinski definition) is 7. The highest BCUT2D eigenvalue weighted by Gasteiger charge is 2.44. The molecule has 0 bridgehead atoms. The summed E-state index contributed by atoms with van der Waals surface area (Å²) in [6.07, 6.45) is 1.40. The van der Waals surface area contributed by atoms with Crippen LogP contribution in [-0.2, 0) is 9.59 Å². The van der Waals surface area contributed by atoms with Crippen LogP contribution in [0.15, 0.2) is 18.2 Å². The molecule has 0 saturated carbocycles. The number of nitrogens with one attached hydrogen (secondary N) is 2. The molecule has 3 aliphatic rings. The second-order valence-electron chi connectivity index (χ2n) is 7.96. The summed E-state index contributed by atoms with van der Waals surface area (Å²) < 4.78 is 0. The number of piperazine rings is 1. The molecule has 30 heavy (non-hydrogen) atoms. The Hall–Kier alpha value is -2.78. The van der Waals surface area contributed by atoms with Gasteiger partial charge in [-0.2, -0.15) is 0 Å². The number of fused-ring (bicyclic) bond motifs is 1. The Morgan fingerprint density at radius 2 is 1.77 bits per heavy atom. The van der Waals surface area contributed by atoms with Crippen molar-refractivity contribution < 1.29 is 19.2 Å². The van der Waals surface area contributed by atoms with E-state index >= 15 is 0 Å². The first kappa shape index (κ1) is 20.5. The van der Waals surface area contributed by atoms with Crippen molar-refractivity contribution in [2.75, 3.05) is 51.2 Å². The number of nitrogens with zero attached hydrogens (tertiary/aromatic N) is 3. The molecule has 160 valence electrons. The van der Waals surface area contributed by atoms with Gasteiger partial charge in [-0.1, -0.05) is 0 Å². The molecule has 1 unspecified atom stereocenters. The van der Waals surface area contributed by atoms with Crippen LogP contribution in [0.1, 0.15) is 40.0 Å². The fraction of sp³-hybridized carbons (Fsp3) is 0.524. The quantitative estimate of drug-likeness (QED) is 0.493. The number of anilines is 1. The van der Waals surface area contributed by atoms with Gasteiger partial charge < -0.3 is 10.2 Å². The van der Waals surface area contributed by atoms with Crippen molar-refractivity contribution in [3.63, 3.8) is 0 Å². The molecular weight excluding hydrogens is 386 g/mol. The summed E-state index contributed by atoms with van der Waals surface area (Å²) >= 11 is 0. The first-order chi connectivity index (χ1) is 14.5. The third kappa shape index (κ3) is 3.82. The van der Waals surface area contributed by atoms with E-state index in [9.17, 15) is 19.2 Å². The van der Waals surface area contributed by atoms with Crippen LogP contribution < -0.4 is 15.5 Å². The first-order valence-corrected chi connectivity index (χ1v) is 10.5. The van der Waals surface area contributed by atoms with Crippen LogP contribution in [0.3, 0.4) is 0 Å². The zero-order chi connectivity index (χ0) is 21.3. The van der Waals surface area contributed by atoms with Crippen molar-refractivity contribution in [1.82, 2.24) is 20.4 Å². The largest absolute Gasteiger partial charge is 0.369 e. The summed E-state index contributed by atoms with van der Waals surface area (Å²) in [5.74, 6) is -1.89. The van der Waals surface area contributed by atoms with E-state index < -0.39 is 23.8 Å². The SMILES string of the molecule is CNCCCN1CCN(c2ccc3c(c2)C(=O)N(C2CCC(=O)NC2=O)C3=O)CC1. The third-order valence-electron chi connectivity index (χ3n) is 6.06. The zero-order valence-electron chi connectivity index (χ0n) is 17.1. The van der Waals surface area contributed by atoms with Gasteiger partial charge in [0.1, 0.15) is 6.04 Å². The van der Waals surface area contributed by atoms with Crippen molar-refractivity contribution in [2.45, 2.75) is 25.3 Å². The topological polar surface area (TPSA) is 102 Å². The Morgan fingerprint density at radius 3 is 2.47 bits per heavy atom. The molecule has 4 rings (SSSR count). The lowest BCUT2D eigenvalue weighted by Crippen LogP contribution is -2.54. The standard InChI is InChI=1S/C21H27N5O4/c1-22-7-2-8-24-9-11-25(12-10-24)14-3-4-15-16(13-14)21(30)26(20(15)29)17-5-6-18(27)23-19(17)28/h3-4,13,17,22H,2,5-12H2,1H3,(H,23,27,28). The Morgan fingerprint density at radius 1 is 1.03 bits per heavy atom. The highest BCUT2D eigenvalue weighted by atomic mass is 16.2. The van der Waals surface area contributed by atoms with Gasteiger partial charge in [0.15, 0.2) is 0 Å². The normalized spacial score (nSPS) is 22.5. The summed E-state index contributed by atoms with van der Waals surface area (Å²) in [6, 6.07) is 4.38. The van der Waals surface area contributed by atoms with E-state index in [0.717, 1.165) is 56.3 Å². The number of imide groups is 2. The third-order valence-corrected chi connectivity index (χ3v) is 6.06. The second-order valence-corrected chi connectivity index (χ2v) is 7.96. The minimum absolute atomic E-state index is 0.119. The average Bonchev–Trinajstić information content (AvgIpc) is 2.99. The molecule has 0 spiro atoms. The van der Waals surface area contributed by atoms with E-state index in [1.807, 2.05) is 13.1 Å². The smallest absolute Gasteiger partial charge is 0.262 e. The van der Waals surface area contributed by atoms with Crippen LogP contribution in [0.4, 0.5) is 5.69 Å². The van der Waals surface area contributed by atoms with E-state index in [-0.39, 0.29) is 18.7 Å². The Bertz CT molecular complexity index is 878. The van der Waals surface area contributed by atoms with E-state index in [4.69, 9.17) is 0 Å². The number of carbonyl (C=O) groups excluding carboxylic acids is 4. The predicted molar refractivity (Wildman–Crippen MR) is 110 cm³/mol. The number of hydrogen-bond donors (Lipinski definition) is 2. The average molecular weight is 413 g/mol. The lowest BCUT2D eigenvalue weighted by Gasteiger charge is -2.36. The van der Waals surface area contributed by atoms with Crippen LogP contribution in [0, 0.1) is 0 Å². The molecule has 1 aromatic carbocycles. The summed E-state index contributed by atoms with van der Waals surface area (Å²) in [7, 11) is 1.96. The van der Waals surface area contributed by atoms with Crippen molar-refractivity contribution in [1.29, 1.82) is 0 Å². The van der Waals surface area contributed by atoms with Gasteiger partial charge in [-0.15, -0.1) is 0 Å². The Balaban J connectivity index is 1.45. The molecule has 1 aromatic rings. The van der Waals surface area contributed by atoms with Crippen molar-refractivity contribution >= 4 is 29.3 Å². The van der Waals surface area contributed by atoms with Gasteiger partial charge in [0, 0.05) is 38.3 Å². The molecule has 0 aromatic heterocycles. The predicted octanol–water partition coefficient (Wildman–Crippen LogP) is -0.181. The highest BCUT2D eigenvalue weighted by Crippen LogP contribution is 2.31. The van der Waals surface area contributed by atoms with Gasteiger partial charge >= 0.3 is 0 Å². The van der Waals surface area contributed by atoms with Gasteiger partial charge in [-0.3, -0.25) is 34.3 Å². The van der Waals surface area contributed by atoms with Gasteiger partial charge in [-0.05, 0) is 51.2 Å². The molecule has 3 heterocycles. The number of carbonyl (C=O) groups is 4. The minimum atomic E-state index is -0.931. The van der Waals surface area contributed by atoms with Crippen LogP contribution in [0.2, 0.25) is 0 Å². The number of benzene rings is 1. The van der Waals surface area contributed by atoms with Gasteiger partial charge in [-0.25, -0.2) is 0 Å². The van der Waals surface area contributed by atoms with E-state index in [2.05, 4.69) is 20.4 Å². The van der Waals surface area contributed by atoms with Crippen LogP contribution in [0.5, 0.6) is 0 Å². The monoisotopic (exact) mass is 413 g/mol. The molecule has 0 radical (unpaired) electrons. The van der Waals surface area contributed by atoms with Crippen LogP contribution in [-0.4, -0.2) is 85.8 Å². The highest BCUT2D eigenvalue weighted by molar-refractivity contribution is 6.23. The maximum absolute atomic E-state index is 13.0. The second kappa shape index (κ2) is 8.53. The zero-order valence-corrected chi connectivity index (χ0v) is 17.1. The van der Waals surface area contributed by atoms with Crippen molar-refractivity contribution in [3.05, 3.63) is 29.3 Å². The minimum Gasteiger partial charge on any atom is -0.369 e. The first-order valence-electron chi connectivity index (χ1n) is 10.5.